The van der Waals surface area contributed by atoms with Crippen molar-refractivity contribution in [3.05, 3.63) is 17.3 Å². The average Bonchev–Trinajstić information content (AvgIpc) is 2.76. The largest absolute Gasteiger partial charge is 0.444 e. The van der Waals surface area contributed by atoms with Crippen LogP contribution in [-0.2, 0) is 12.3 Å². The van der Waals surface area contributed by atoms with Crippen molar-refractivity contribution < 1.29 is 4.42 Å². The topological polar surface area (TPSA) is 26.0 Å². The van der Waals surface area contributed by atoms with Crippen molar-refractivity contribution in [2.75, 3.05) is 0 Å². The van der Waals surface area contributed by atoms with Gasteiger partial charge in [0.15, 0.2) is 5.89 Å². The van der Waals surface area contributed by atoms with E-state index in [1.807, 2.05) is 6.92 Å². The molecule has 0 N–H and O–H groups in total. The van der Waals surface area contributed by atoms with E-state index < -0.39 is 0 Å². The summed E-state index contributed by atoms with van der Waals surface area (Å²) in [5.41, 5.74) is 0.945. The second-order valence-corrected chi connectivity index (χ2v) is 3.66. The predicted molar refractivity (Wildman–Crippen MR) is 47.2 cm³/mol. The highest BCUT2D eigenvalue weighted by molar-refractivity contribution is 6.16. The van der Waals surface area contributed by atoms with E-state index in [0.717, 1.165) is 29.7 Å². The van der Waals surface area contributed by atoms with E-state index in [4.69, 9.17) is 16.0 Å². The zero-order chi connectivity index (χ0) is 8.55. The van der Waals surface area contributed by atoms with Crippen molar-refractivity contribution in [2.24, 2.45) is 5.92 Å². The zero-order valence-electron chi connectivity index (χ0n) is 7.14. The fourth-order valence-corrected chi connectivity index (χ4v) is 1.52. The number of aromatic nitrogens is 1. The molecule has 0 aromatic carbocycles. The van der Waals surface area contributed by atoms with Crippen LogP contribution < -0.4 is 0 Å². The molecule has 0 aliphatic heterocycles. The van der Waals surface area contributed by atoms with E-state index in [1.54, 1.807) is 0 Å². The first-order valence-corrected chi connectivity index (χ1v) is 4.84. The summed E-state index contributed by atoms with van der Waals surface area (Å²) in [5, 5.41) is 0. The van der Waals surface area contributed by atoms with Gasteiger partial charge in [0.1, 0.15) is 5.76 Å². The Morgan fingerprint density at radius 3 is 2.83 bits per heavy atom. The van der Waals surface area contributed by atoms with Crippen molar-refractivity contribution in [3.63, 3.8) is 0 Å². The number of rotatable bonds is 3. The smallest absolute Gasteiger partial charge is 0.194 e. The Balaban J connectivity index is 2.10. The Labute approximate surface area is 76.9 Å². The predicted octanol–water partition coefficient (Wildman–Crippen LogP) is 2.67. The van der Waals surface area contributed by atoms with Crippen LogP contribution in [-0.4, -0.2) is 4.98 Å². The lowest BCUT2D eigenvalue weighted by atomic mass is 10.3. The molecule has 1 aliphatic rings. The van der Waals surface area contributed by atoms with Crippen molar-refractivity contribution >= 4 is 11.6 Å². The summed E-state index contributed by atoms with van der Waals surface area (Å²) in [4.78, 5) is 4.31. The van der Waals surface area contributed by atoms with E-state index >= 15 is 0 Å². The quantitative estimate of drug-likeness (QED) is 0.677. The molecule has 0 spiro atoms. The summed E-state index contributed by atoms with van der Waals surface area (Å²) in [5.74, 6) is 2.95. The monoisotopic (exact) mass is 185 g/mol. The molecule has 2 rings (SSSR count). The molecular weight excluding hydrogens is 174 g/mol. The van der Waals surface area contributed by atoms with Crippen LogP contribution in [0.5, 0.6) is 0 Å². The van der Waals surface area contributed by atoms with Crippen molar-refractivity contribution in [3.8, 4) is 0 Å². The van der Waals surface area contributed by atoms with Gasteiger partial charge in [-0.25, -0.2) is 4.98 Å². The van der Waals surface area contributed by atoms with Crippen LogP contribution in [0.1, 0.15) is 30.2 Å². The van der Waals surface area contributed by atoms with Gasteiger partial charge in [-0.05, 0) is 25.7 Å². The minimum Gasteiger partial charge on any atom is -0.444 e. The van der Waals surface area contributed by atoms with Crippen LogP contribution in [0.25, 0.3) is 0 Å². The maximum absolute atomic E-state index is 5.66. The Morgan fingerprint density at radius 1 is 1.58 bits per heavy atom. The molecule has 3 heteroatoms. The molecule has 12 heavy (non-hydrogen) atoms. The molecule has 0 saturated heterocycles. The first-order valence-electron chi connectivity index (χ1n) is 4.30. The lowest BCUT2D eigenvalue weighted by molar-refractivity contribution is 0.457. The maximum atomic E-state index is 5.66. The first-order chi connectivity index (χ1) is 5.79. The number of oxazole rings is 1. The number of alkyl halides is 1. The summed E-state index contributed by atoms with van der Waals surface area (Å²) >= 11 is 5.66. The zero-order valence-corrected chi connectivity index (χ0v) is 7.90. The Bertz CT molecular complexity index is 278. The third-order valence-corrected chi connectivity index (χ3v) is 2.46. The third-order valence-electron chi connectivity index (χ3n) is 2.22. The summed E-state index contributed by atoms with van der Waals surface area (Å²) in [6, 6.07) is 0. The molecule has 1 heterocycles. The van der Waals surface area contributed by atoms with Crippen LogP contribution in [0.2, 0.25) is 0 Å². The minimum absolute atomic E-state index is 0.434. The third kappa shape index (κ3) is 1.63. The normalized spacial score (nSPS) is 16.8. The summed E-state index contributed by atoms with van der Waals surface area (Å²) < 4.78 is 5.47. The highest BCUT2D eigenvalue weighted by Crippen LogP contribution is 2.32. The van der Waals surface area contributed by atoms with Gasteiger partial charge < -0.3 is 4.42 Å². The number of halogens is 1. The molecule has 2 nitrogen and oxygen atoms in total. The summed E-state index contributed by atoms with van der Waals surface area (Å²) in [6.07, 6.45) is 3.66. The highest BCUT2D eigenvalue weighted by Gasteiger charge is 2.24. The molecule has 1 fully saturated rings. The second kappa shape index (κ2) is 3.09. The number of hydrogen-bond donors (Lipinski definition) is 0. The molecular formula is C9H12ClNO. The Kier molecular flexibility index (Phi) is 2.09. The molecule has 1 aromatic rings. The van der Waals surface area contributed by atoms with Gasteiger partial charge >= 0.3 is 0 Å². The molecule has 66 valence electrons. The van der Waals surface area contributed by atoms with E-state index in [2.05, 4.69) is 4.98 Å². The van der Waals surface area contributed by atoms with Gasteiger partial charge in [-0.2, -0.15) is 0 Å². The maximum Gasteiger partial charge on any atom is 0.194 e. The van der Waals surface area contributed by atoms with E-state index in [9.17, 15) is 0 Å². The van der Waals surface area contributed by atoms with E-state index in [1.165, 1.54) is 12.8 Å². The molecule has 1 saturated carbocycles. The Hall–Kier alpha value is -0.500. The standard InChI is InChI=1S/C9H12ClNO/c1-6-8(5-10)12-9(11-6)4-7-2-3-7/h7H,2-5H2,1H3. The fourth-order valence-electron chi connectivity index (χ4n) is 1.27. The molecule has 0 amide bonds. The van der Waals surface area contributed by atoms with Crippen molar-refractivity contribution in [2.45, 2.75) is 32.1 Å². The van der Waals surface area contributed by atoms with Gasteiger partial charge in [0.05, 0.1) is 11.6 Å². The van der Waals surface area contributed by atoms with Crippen molar-refractivity contribution in [1.29, 1.82) is 0 Å². The van der Waals surface area contributed by atoms with Gasteiger partial charge in [0, 0.05) is 6.42 Å². The Morgan fingerprint density at radius 2 is 2.33 bits per heavy atom. The number of hydrogen-bond acceptors (Lipinski definition) is 2. The SMILES string of the molecule is Cc1nc(CC2CC2)oc1CCl. The van der Waals surface area contributed by atoms with Gasteiger partial charge in [0.25, 0.3) is 0 Å². The number of aryl methyl sites for hydroxylation is 1. The molecule has 1 aromatic heterocycles. The van der Waals surface area contributed by atoms with Gasteiger partial charge in [-0.1, -0.05) is 0 Å². The van der Waals surface area contributed by atoms with Crippen LogP contribution >= 0.6 is 11.6 Å². The summed E-state index contributed by atoms with van der Waals surface area (Å²) in [6.45, 7) is 1.94. The fraction of sp³-hybridized carbons (Fsp3) is 0.667. The van der Waals surface area contributed by atoms with Crippen LogP contribution in [0.4, 0.5) is 0 Å². The lowest BCUT2D eigenvalue weighted by Crippen LogP contribution is -1.85. The lowest BCUT2D eigenvalue weighted by Gasteiger charge is -1.88. The molecule has 0 radical (unpaired) electrons. The van der Waals surface area contributed by atoms with Gasteiger partial charge in [0.2, 0.25) is 0 Å². The van der Waals surface area contributed by atoms with E-state index in [0.29, 0.717) is 5.88 Å². The van der Waals surface area contributed by atoms with Gasteiger partial charge in [-0.3, -0.25) is 0 Å². The number of nitrogens with zero attached hydrogens (tertiary/aromatic N) is 1. The second-order valence-electron chi connectivity index (χ2n) is 3.40. The molecule has 0 atom stereocenters. The molecule has 1 aliphatic carbocycles. The highest BCUT2D eigenvalue weighted by atomic mass is 35.5. The average molecular weight is 186 g/mol. The van der Waals surface area contributed by atoms with Crippen LogP contribution in [0.3, 0.4) is 0 Å². The molecule has 0 bridgehead atoms. The summed E-state index contributed by atoms with van der Waals surface area (Å²) in [7, 11) is 0. The first kappa shape index (κ1) is 8.11. The van der Waals surface area contributed by atoms with Crippen molar-refractivity contribution in [1.82, 2.24) is 4.98 Å². The minimum atomic E-state index is 0.434. The van der Waals surface area contributed by atoms with Gasteiger partial charge in [-0.15, -0.1) is 11.6 Å². The van der Waals surface area contributed by atoms with Crippen LogP contribution in [0.15, 0.2) is 4.42 Å². The van der Waals surface area contributed by atoms with E-state index in [-0.39, 0.29) is 0 Å². The van der Waals surface area contributed by atoms with Crippen LogP contribution in [0, 0.1) is 12.8 Å². The molecule has 0 unspecified atom stereocenters.